The van der Waals surface area contributed by atoms with Crippen molar-refractivity contribution in [2.75, 3.05) is 13.2 Å². The standard InChI is InChI=1S/C14H18O4/c1-14(2,7-13(15)16)10-3-5-11(6-4-10)18-12-8-17-9-12/h3-6,12H,7-9H2,1-2H3,(H,15,16). The largest absolute Gasteiger partial charge is 0.486 e. The molecule has 1 aromatic carbocycles. The number of carbonyl (C=O) groups is 1. The third-order valence-corrected chi connectivity index (χ3v) is 3.14. The summed E-state index contributed by atoms with van der Waals surface area (Å²) in [6, 6.07) is 7.63. The fourth-order valence-electron chi connectivity index (χ4n) is 1.94. The van der Waals surface area contributed by atoms with Gasteiger partial charge in [0, 0.05) is 5.41 Å². The SMILES string of the molecule is CC(C)(CC(=O)O)c1ccc(OC2COC2)cc1. The Morgan fingerprint density at radius 2 is 2.00 bits per heavy atom. The lowest BCUT2D eigenvalue weighted by Crippen LogP contribution is -2.38. The van der Waals surface area contributed by atoms with Gasteiger partial charge < -0.3 is 14.6 Å². The molecule has 4 heteroatoms. The van der Waals surface area contributed by atoms with E-state index in [1.54, 1.807) is 0 Å². The quantitative estimate of drug-likeness (QED) is 0.870. The van der Waals surface area contributed by atoms with E-state index in [0.717, 1.165) is 11.3 Å². The third kappa shape index (κ3) is 3.01. The summed E-state index contributed by atoms with van der Waals surface area (Å²) >= 11 is 0. The van der Waals surface area contributed by atoms with Crippen LogP contribution in [0.25, 0.3) is 0 Å². The minimum absolute atomic E-state index is 0.115. The number of rotatable bonds is 5. The molecule has 1 fully saturated rings. The van der Waals surface area contributed by atoms with Crippen LogP contribution < -0.4 is 4.74 Å². The van der Waals surface area contributed by atoms with E-state index in [2.05, 4.69) is 0 Å². The van der Waals surface area contributed by atoms with Gasteiger partial charge in [-0.3, -0.25) is 4.79 Å². The van der Waals surface area contributed by atoms with Crippen molar-refractivity contribution in [2.45, 2.75) is 31.8 Å². The normalized spacial score (nSPS) is 16.1. The Bertz CT molecular complexity index is 418. The van der Waals surface area contributed by atoms with E-state index in [4.69, 9.17) is 14.6 Å². The summed E-state index contributed by atoms with van der Waals surface area (Å²) < 4.78 is 10.7. The highest BCUT2D eigenvalue weighted by Gasteiger charge is 2.24. The maximum absolute atomic E-state index is 10.8. The molecule has 1 saturated heterocycles. The molecule has 98 valence electrons. The van der Waals surface area contributed by atoms with E-state index in [1.807, 2.05) is 38.1 Å². The minimum atomic E-state index is -0.785. The molecular formula is C14H18O4. The van der Waals surface area contributed by atoms with Gasteiger partial charge in [0.15, 0.2) is 0 Å². The second kappa shape index (κ2) is 4.98. The molecule has 1 aromatic rings. The van der Waals surface area contributed by atoms with Crippen LogP contribution in [-0.2, 0) is 14.9 Å². The van der Waals surface area contributed by atoms with E-state index >= 15 is 0 Å². The van der Waals surface area contributed by atoms with Gasteiger partial charge in [-0.2, -0.15) is 0 Å². The van der Waals surface area contributed by atoms with Gasteiger partial charge in [-0.25, -0.2) is 0 Å². The van der Waals surface area contributed by atoms with Gasteiger partial charge >= 0.3 is 5.97 Å². The number of hydrogen-bond donors (Lipinski definition) is 1. The van der Waals surface area contributed by atoms with Gasteiger partial charge in [0.05, 0.1) is 19.6 Å². The Hall–Kier alpha value is -1.55. The highest BCUT2D eigenvalue weighted by molar-refractivity contribution is 5.68. The Labute approximate surface area is 107 Å². The van der Waals surface area contributed by atoms with Crippen LogP contribution in [0.15, 0.2) is 24.3 Å². The predicted molar refractivity (Wildman–Crippen MR) is 67.0 cm³/mol. The number of hydrogen-bond acceptors (Lipinski definition) is 3. The average molecular weight is 250 g/mol. The highest BCUT2D eigenvalue weighted by Crippen LogP contribution is 2.29. The Morgan fingerprint density at radius 3 is 2.44 bits per heavy atom. The molecule has 0 atom stereocenters. The summed E-state index contributed by atoms with van der Waals surface area (Å²) in [7, 11) is 0. The molecule has 0 aliphatic carbocycles. The van der Waals surface area contributed by atoms with Crippen LogP contribution >= 0.6 is 0 Å². The second-order valence-electron chi connectivity index (χ2n) is 5.26. The molecule has 0 saturated carbocycles. The number of carboxylic acids is 1. The Balaban J connectivity index is 2.03. The summed E-state index contributed by atoms with van der Waals surface area (Å²) in [6.45, 7) is 5.14. The fourth-order valence-corrected chi connectivity index (χ4v) is 1.94. The third-order valence-electron chi connectivity index (χ3n) is 3.14. The maximum Gasteiger partial charge on any atom is 0.304 e. The number of ether oxygens (including phenoxy) is 2. The number of aliphatic carboxylic acids is 1. The van der Waals surface area contributed by atoms with Crippen LogP contribution in [0.5, 0.6) is 5.75 Å². The summed E-state index contributed by atoms with van der Waals surface area (Å²) in [5.74, 6) is 0.0186. The summed E-state index contributed by atoms with van der Waals surface area (Å²) in [4.78, 5) is 10.8. The van der Waals surface area contributed by atoms with Crippen molar-refractivity contribution in [1.82, 2.24) is 0 Å². The molecule has 0 unspecified atom stereocenters. The lowest BCUT2D eigenvalue weighted by molar-refractivity contribution is -0.138. The van der Waals surface area contributed by atoms with Crippen LogP contribution in [0.1, 0.15) is 25.8 Å². The molecule has 0 bridgehead atoms. The molecule has 0 radical (unpaired) electrons. The predicted octanol–water partition coefficient (Wildman–Crippen LogP) is 2.22. The maximum atomic E-state index is 10.8. The molecular weight excluding hydrogens is 232 g/mol. The summed E-state index contributed by atoms with van der Waals surface area (Å²) in [6.07, 6.45) is 0.270. The van der Waals surface area contributed by atoms with Gasteiger partial charge in [0.2, 0.25) is 0 Å². The monoisotopic (exact) mass is 250 g/mol. The second-order valence-corrected chi connectivity index (χ2v) is 5.26. The molecule has 1 heterocycles. The van der Waals surface area contributed by atoms with Crippen molar-refractivity contribution in [3.63, 3.8) is 0 Å². The molecule has 4 nitrogen and oxygen atoms in total. The molecule has 0 amide bonds. The van der Waals surface area contributed by atoms with Crippen molar-refractivity contribution < 1.29 is 19.4 Å². The molecule has 2 rings (SSSR count). The van der Waals surface area contributed by atoms with Gasteiger partial charge in [-0.15, -0.1) is 0 Å². The van der Waals surface area contributed by atoms with Crippen molar-refractivity contribution in [1.29, 1.82) is 0 Å². The molecule has 0 aromatic heterocycles. The van der Waals surface area contributed by atoms with Crippen LogP contribution in [-0.4, -0.2) is 30.4 Å². The van der Waals surface area contributed by atoms with Crippen molar-refractivity contribution in [3.05, 3.63) is 29.8 Å². The molecule has 18 heavy (non-hydrogen) atoms. The van der Waals surface area contributed by atoms with E-state index in [1.165, 1.54) is 0 Å². The first-order valence-corrected chi connectivity index (χ1v) is 6.04. The van der Waals surface area contributed by atoms with E-state index in [9.17, 15) is 4.79 Å². The first-order chi connectivity index (χ1) is 8.47. The smallest absolute Gasteiger partial charge is 0.304 e. The lowest BCUT2D eigenvalue weighted by Gasteiger charge is -2.27. The van der Waals surface area contributed by atoms with Gasteiger partial charge in [-0.1, -0.05) is 26.0 Å². The van der Waals surface area contributed by atoms with Crippen LogP contribution in [0.4, 0.5) is 0 Å². The minimum Gasteiger partial charge on any atom is -0.486 e. The number of carboxylic acid groups (broad SMARTS) is 1. The molecule has 1 aliphatic rings. The molecule has 1 N–H and O–H groups in total. The topological polar surface area (TPSA) is 55.8 Å². The van der Waals surface area contributed by atoms with Gasteiger partial charge in [-0.05, 0) is 17.7 Å². The number of benzene rings is 1. The lowest BCUT2D eigenvalue weighted by atomic mass is 9.82. The van der Waals surface area contributed by atoms with Crippen molar-refractivity contribution in [2.24, 2.45) is 0 Å². The van der Waals surface area contributed by atoms with E-state index < -0.39 is 5.97 Å². The zero-order valence-corrected chi connectivity index (χ0v) is 10.7. The van der Waals surface area contributed by atoms with Crippen molar-refractivity contribution >= 4 is 5.97 Å². The van der Waals surface area contributed by atoms with E-state index in [0.29, 0.717) is 13.2 Å². The fraction of sp³-hybridized carbons (Fsp3) is 0.500. The Kier molecular flexibility index (Phi) is 3.57. The Morgan fingerprint density at radius 1 is 1.39 bits per heavy atom. The van der Waals surface area contributed by atoms with Crippen LogP contribution in [0.2, 0.25) is 0 Å². The highest BCUT2D eigenvalue weighted by atomic mass is 16.6. The van der Waals surface area contributed by atoms with Crippen molar-refractivity contribution in [3.8, 4) is 5.75 Å². The first kappa shape index (κ1) is 12.9. The molecule has 1 aliphatic heterocycles. The van der Waals surface area contributed by atoms with E-state index in [-0.39, 0.29) is 17.9 Å². The zero-order valence-electron chi connectivity index (χ0n) is 10.7. The van der Waals surface area contributed by atoms with Gasteiger partial charge in [0.1, 0.15) is 11.9 Å². The summed E-state index contributed by atoms with van der Waals surface area (Å²) in [5, 5.41) is 8.88. The molecule has 0 spiro atoms. The summed E-state index contributed by atoms with van der Waals surface area (Å²) in [5.41, 5.74) is 0.631. The van der Waals surface area contributed by atoms with Crippen LogP contribution in [0, 0.1) is 0 Å². The zero-order chi connectivity index (χ0) is 13.2. The van der Waals surface area contributed by atoms with Gasteiger partial charge in [0.25, 0.3) is 0 Å². The van der Waals surface area contributed by atoms with Crippen LogP contribution in [0.3, 0.4) is 0 Å². The average Bonchev–Trinajstić information content (AvgIpc) is 2.22. The first-order valence-electron chi connectivity index (χ1n) is 6.04.